The minimum atomic E-state index is -0.129. The molecular formula is C14H20BrF. The molecular weight excluding hydrogens is 267 g/mol. The number of alkyl halides is 1. The Bertz CT molecular complexity index is 334. The van der Waals surface area contributed by atoms with Crippen molar-refractivity contribution in [1.29, 1.82) is 0 Å². The Labute approximate surface area is 106 Å². The summed E-state index contributed by atoms with van der Waals surface area (Å²) in [5.74, 6) is 0.577. The fourth-order valence-corrected chi connectivity index (χ4v) is 2.83. The van der Waals surface area contributed by atoms with Crippen molar-refractivity contribution < 1.29 is 4.39 Å². The Morgan fingerprint density at radius 3 is 2.62 bits per heavy atom. The van der Waals surface area contributed by atoms with Gasteiger partial charge in [-0.3, -0.25) is 0 Å². The molecule has 0 aromatic heterocycles. The number of hydrogen-bond acceptors (Lipinski definition) is 0. The first-order chi connectivity index (χ1) is 7.49. The summed E-state index contributed by atoms with van der Waals surface area (Å²) in [7, 11) is 0. The molecule has 0 N–H and O–H groups in total. The summed E-state index contributed by atoms with van der Waals surface area (Å²) in [6.07, 6.45) is 3.20. The minimum absolute atomic E-state index is 0.129. The summed E-state index contributed by atoms with van der Waals surface area (Å²) in [6.45, 7) is 6.49. The lowest BCUT2D eigenvalue weighted by Crippen LogP contribution is -2.05. The minimum Gasteiger partial charge on any atom is -0.207 e. The number of aryl methyl sites for hydroxylation is 2. The maximum atomic E-state index is 13.1. The SMILES string of the molecule is Cc1ccc(F)cc1CCC(Br)CC(C)C. The highest BCUT2D eigenvalue weighted by molar-refractivity contribution is 9.09. The smallest absolute Gasteiger partial charge is 0.123 e. The molecule has 2 heteroatoms. The Balaban J connectivity index is 2.51. The first kappa shape index (κ1) is 13.7. The van der Waals surface area contributed by atoms with E-state index >= 15 is 0 Å². The second kappa shape index (κ2) is 6.39. The van der Waals surface area contributed by atoms with Gasteiger partial charge in [0.25, 0.3) is 0 Å². The summed E-state index contributed by atoms with van der Waals surface area (Å²) in [6, 6.07) is 5.04. The fraction of sp³-hybridized carbons (Fsp3) is 0.571. The van der Waals surface area contributed by atoms with Gasteiger partial charge in [-0.15, -0.1) is 0 Å². The van der Waals surface area contributed by atoms with Crippen LogP contribution in [0.2, 0.25) is 0 Å². The van der Waals surface area contributed by atoms with Crippen LogP contribution in [0.25, 0.3) is 0 Å². The van der Waals surface area contributed by atoms with Crippen molar-refractivity contribution in [2.24, 2.45) is 5.92 Å². The Kier molecular flexibility index (Phi) is 5.47. The molecule has 0 radical (unpaired) electrons. The van der Waals surface area contributed by atoms with E-state index < -0.39 is 0 Å². The van der Waals surface area contributed by atoms with Gasteiger partial charge in [-0.05, 0) is 55.4 Å². The topological polar surface area (TPSA) is 0 Å². The molecule has 16 heavy (non-hydrogen) atoms. The normalized spacial score (nSPS) is 13.1. The van der Waals surface area contributed by atoms with E-state index in [1.54, 1.807) is 6.07 Å². The van der Waals surface area contributed by atoms with Crippen LogP contribution in [0.3, 0.4) is 0 Å². The Hall–Kier alpha value is -0.370. The molecule has 0 aliphatic heterocycles. The zero-order valence-electron chi connectivity index (χ0n) is 10.3. The van der Waals surface area contributed by atoms with E-state index in [4.69, 9.17) is 0 Å². The van der Waals surface area contributed by atoms with Gasteiger partial charge < -0.3 is 0 Å². The highest BCUT2D eigenvalue weighted by atomic mass is 79.9. The number of halogens is 2. The van der Waals surface area contributed by atoms with Crippen molar-refractivity contribution in [1.82, 2.24) is 0 Å². The zero-order valence-corrected chi connectivity index (χ0v) is 11.8. The second-order valence-electron chi connectivity index (χ2n) is 4.84. The average molecular weight is 287 g/mol. The molecule has 0 amide bonds. The summed E-state index contributed by atoms with van der Waals surface area (Å²) in [4.78, 5) is 0.537. The molecule has 1 rings (SSSR count). The van der Waals surface area contributed by atoms with Gasteiger partial charge >= 0.3 is 0 Å². The highest BCUT2D eigenvalue weighted by Crippen LogP contribution is 2.20. The van der Waals surface area contributed by atoms with Crippen LogP contribution in [-0.4, -0.2) is 4.83 Å². The summed E-state index contributed by atoms with van der Waals surface area (Å²) in [5.41, 5.74) is 2.32. The van der Waals surface area contributed by atoms with Crippen molar-refractivity contribution in [3.8, 4) is 0 Å². The Morgan fingerprint density at radius 2 is 2.00 bits per heavy atom. The predicted octanol–water partition coefficient (Wildman–Crippen LogP) is 4.88. The molecule has 0 nitrogen and oxygen atoms in total. The van der Waals surface area contributed by atoms with Crippen molar-refractivity contribution in [2.75, 3.05) is 0 Å². The second-order valence-corrected chi connectivity index (χ2v) is 6.13. The van der Waals surface area contributed by atoms with Gasteiger partial charge in [-0.2, -0.15) is 0 Å². The molecule has 0 aliphatic carbocycles. The van der Waals surface area contributed by atoms with Gasteiger partial charge in [0.05, 0.1) is 0 Å². The lowest BCUT2D eigenvalue weighted by molar-refractivity contribution is 0.553. The third-order valence-corrected chi connectivity index (χ3v) is 3.60. The summed E-state index contributed by atoms with van der Waals surface area (Å²) < 4.78 is 13.1. The van der Waals surface area contributed by atoms with Gasteiger partial charge in [-0.25, -0.2) is 4.39 Å². The first-order valence-corrected chi connectivity index (χ1v) is 6.79. The molecule has 0 aliphatic rings. The summed E-state index contributed by atoms with van der Waals surface area (Å²) in [5, 5.41) is 0. The number of rotatable bonds is 5. The van der Waals surface area contributed by atoms with Crippen molar-refractivity contribution in [3.05, 3.63) is 35.1 Å². The van der Waals surface area contributed by atoms with Gasteiger partial charge in [0.15, 0.2) is 0 Å². The van der Waals surface area contributed by atoms with E-state index in [-0.39, 0.29) is 5.82 Å². The van der Waals surface area contributed by atoms with E-state index in [2.05, 4.69) is 29.8 Å². The number of hydrogen-bond donors (Lipinski definition) is 0. The molecule has 1 atom stereocenters. The fourth-order valence-electron chi connectivity index (χ4n) is 1.85. The quantitative estimate of drug-likeness (QED) is 0.677. The molecule has 0 heterocycles. The largest absolute Gasteiger partial charge is 0.207 e. The molecule has 1 aromatic carbocycles. The van der Waals surface area contributed by atoms with Crippen LogP contribution in [0.5, 0.6) is 0 Å². The van der Waals surface area contributed by atoms with E-state index in [1.165, 1.54) is 18.1 Å². The first-order valence-electron chi connectivity index (χ1n) is 5.88. The summed E-state index contributed by atoms with van der Waals surface area (Å²) >= 11 is 3.69. The van der Waals surface area contributed by atoms with E-state index in [9.17, 15) is 4.39 Å². The van der Waals surface area contributed by atoms with Crippen LogP contribution in [0.15, 0.2) is 18.2 Å². The van der Waals surface area contributed by atoms with E-state index in [1.807, 2.05) is 13.0 Å². The van der Waals surface area contributed by atoms with Crippen molar-refractivity contribution in [2.45, 2.75) is 44.9 Å². The maximum Gasteiger partial charge on any atom is 0.123 e. The van der Waals surface area contributed by atoms with Gasteiger partial charge in [0.2, 0.25) is 0 Å². The molecule has 0 saturated heterocycles. The van der Waals surface area contributed by atoms with Gasteiger partial charge in [0, 0.05) is 4.83 Å². The van der Waals surface area contributed by atoms with Crippen LogP contribution in [-0.2, 0) is 6.42 Å². The number of benzene rings is 1. The molecule has 1 aromatic rings. The van der Waals surface area contributed by atoms with E-state index in [0.717, 1.165) is 18.4 Å². The highest BCUT2D eigenvalue weighted by Gasteiger charge is 2.08. The van der Waals surface area contributed by atoms with Crippen LogP contribution in [0.4, 0.5) is 4.39 Å². The standard InChI is InChI=1S/C14H20BrF/c1-10(2)8-13(15)6-5-12-9-14(16)7-4-11(12)3/h4,7,9-10,13H,5-6,8H2,1-3H3. The third-order valence-electron chi connectivity index (χ3n) is 2.77. The molecule has 0 bridgehead atoms. The predicted molar refractivity (Wildman–Crippen MR) is 71.6 cm³/mol. The van der Waals surface area contributed by atoms with Gasteiger partial charge in [-0.1, -0.05) is 35.8 Å². The molecule has 1 unspecified atom stereocenters. The lowest BCUT2D eigenvalue weighted by Gasteiger charge is -2.13. The third kappa shape index (κ3) is 4.65. The lowest BCUT2D eigenvalue weighted by atomic mass is 9.99. The van der Waals surface area contributed by atoms with Gasteiger partial charge in [0.1, 0.15) is 5.82 Å². The average Bonchev–Trinajstić information content (AvgIpc) is 2.18. The van der Waals surface area contributed by atoms with Crippen LogP contribution in [0, 0.1) is 18.7 Å². The molecule has 0 spiro atoms. The monoisotopic (exact) mass is 286 g/mol. The maximum absolute atomic E-state index is 13.1. The Morgan fingerprint density at radius 1 is 1.31 bits per heavy atom. The van der Waals surface area contributed by atoms with Crippen LogP contribution < -0.4 is 0 Å². The van der Waals surface area contributed by atoms with E-state index in [0.29, 0.717) is 10.7 Å². The molecule has 0 saturated carbocycles. The molecule has 90 valence electrons. The van der Waals surface area contributed by atoms with Crippen LogP contribution >= 0.6 is 15.9 Å². The van der Waals surface area contributed by atoms with Crippen molar-refractivity contribution >= 4 is 15.9 Å². The molecule has 0 fully saturated rings. The zero-order chi connectivity index (χ0) is 12.1. The van der Waals surface area contributed by atoms with Crippen molar-refractivity contribution in [3.63, 3.8) is 0 Å². The van der Waals surface area contributed by atoms with Crippen LogP contribution in [0.1, 0.15) is 37.8 Å².